The molecule has 0 amide bonds. The molecule has 4 aromatic rings. The number of nitrogens with two attached hydrogens (primary N) is 2. The van der Waals surface area contributed by atoms with Crippen molar-refractivity contribution in [1.82, 2.24) is 19.9 Å². The minimum atomic E-state index is -3.20. The minimum Gasteiger partial charge on any atom is -0.460 e. The standard InChI is InChI=1S/C29H46BrFIN3O3SSi.C29H47BrFN3O4SSi.2C23H38BrFN4O2SSi/c1-10-40(11-2,12-3)20-15-22(30)34-25(24(20)31)28(9)19-39(37,33-18-29(17-32)13-14-29)27(7,8)21(35-28)16-23(36)38-26(4,5)6;1-10-40(11-2,12-3)20-15-22(30)33-25(24(20)31)28(9)19-39(37,32-17-29(18-35)13-14-29)27(7,8)21(34-28)16-23(36)38-26(4,5)6;1-7-33(8-2,9-3)16-12-17(24)28-19(18(16)25)22(6)15-32(31,21(4,5)20(26)29-22)27-13-23(14-30)10-11-23;1-7-33(8-2,9-3)17-12-18(24)29-20(19(17)25)22(6,27)16-32(31,21(4,5)13-26)28-14-23(15-30)10-11-23/h15H,10-14,16-19H2,1-9H3;15,35H,10-14,16-19H2,1-9H3;12,30H,7-11,13-15H2,1-6H3,(H2,26,29);12,30H,7-11,14-16,27H2,1-6H3/t2*28-,39+;2*22-,32+/m0000/s1. The molecule has 42 heteroatoms. The van der Waals surface area contributed by atoms with Gasteiger partial charge in [0.2, 0.25) is 0 Å². The number of alkyl halides is 1. The van der Waals surface area contributed by atoms with Crippen molar-refractivity contribution in [2.45, 2.75) is 397 Å². The number of aliphatic hydroxyl groups is 3. The molecule has 146 heavy (non-hydrogen) atoms. The van der Waals surface area contributed by atoms with Crippen LogP contribution in [-0.2, 0) is 80.1 Å². The normalized spacial score (nSPS) is 24.9. The second-order valence-corrected chi connectivity index (χ2v) is 83.7. The van der Waals surface area contributed by atoms with Gasteiger partial charge >= 0.3 is 11.9 Å². The maximum absolute atomic E-state index is 16.7. The van der Waals surface area contributed by atoms with E-state index in [1.165, 1.54) is 0 Å². The van der Waals surface area contributed by atoms with E-state index in [-0.39, 0.29) is 131 Å². The third kappa shape index (κ3) is 27.0. The molecule has 0 spiro atoms. The minimum absolute atomic E-state index is 0.0223. The lowest BCUT2D eigenvalue weighted by Crippen LogP contribution is -2.56. The van der Waals surface area contributed by atoms with Crippen molar-refractivity contribution in [3.8, 4) is 6.07 Å². The molecule has 0 radical (unpaired) electrons. The zero-order chi connectivity index (χ0) is 111. The summed E-state index contributed by atoms with van der Waals surface area (Å²) in [6, 6.07) is 20.2. The lowest BCUT2D eigenvalue weighted by atomic mass is 9.95. The van der Waals surface area contributed by atoms with E-state index in [2.05, 4.69) is 204 Å². The summed E-state index contributed by atoms with van der Waals surface area (Å²) in [7, 11) is -20.7. The average Bonchev–Trinajstić information content (AvgIpc) is 1.05. The molecule has 0 aromatic carbocycles. The summed E-state index contributed by atoms with van der Waals surface area (Å²) in [6.45, 7) is 58.4. The number of aromatic nitrogens is 4. The van der Waals surface area contributed by atoms with Crippen molar-refractivity contribution < 1.29 is 68.8 Å². The smallest absolute Gasteiger partial charge is 0.312 e. The van der Waals surface area contributed by atoms with Gasteiger partial charge in [-0.1, -0.05) is 178 Å². The second kappa shape index (κ2) is 47.2. The van der Waals surface area contributed by atoms with E-state index in [1.807, 2.05) is 52.8 Å². The summed E-state index contributed by atoms with van der Waals surface area (Å²) >= 11 is 16.4. The number of amidine groups is 1. The maximum Gasteiger partial charge on any atom is 0.312 e. The number of nitrogens with zero attached hydrogens (tertiary/aromatic N) is 12. The molecule has 7 N–H and O–H groups in total. The van der Waals surface area contributed by atoms with Crippen LogP contribution < -0.4 is 32.2 Å². The Bertz CT molecular complexity index is 5940. The SMILES string of the molecule is CC[Si](CC)(CC)c1cc(Br)nc([C@@](C)(N)C[S@](=O)(=NCC2(CO)CC2)C(C)(C)C#N)c1F.CC[Si](CC)(CC)c1cc(Br)nc([C@]2(C)C[S@](=O)(=NCC3(CI)CC3)C(C)(C)C(CC(=O)OC(C)(C)C)=N2)c1F.CC[Si](CC)(CC)c1cc(Br)nc([C@]2(C)C[S@](=O)(=NCC3(CO)CC3)C(C)(C)C(CC(=O)OC(C)(C)C)=N2)c1F.CC[Si](CC)(CC)c1cc(Br)nc([C@]2(C)C[S@](=O)(=NCC3(CO)CC3)C(C)(C)C(N)=N2)c1F. The van der Waals surface area contributed by atoms with Gasteiger partial charge in [-0.3, -0.25) is 24.6 Å². The first-order valence-corrected chi connectivity index (χ1v) is 74.0. The van der Waals surface area contributed by atoms with Gasteiger partial charge in [0, 0.05) is 32.1 Å². The highest BCUT2D eigenvalue weighted by Crippen LogP contribution is 2.53. The van der Waals surface area contributed by atoms with Crippen LogP contribution in [0.2, 0.25) is 72.5 Å². The fraction of sp³-hybridized carbons (Fsp3) is 0.750. The summed E-state index contributed by atoms with van der Waals surface area (Å²) in [5.41, 5.74) is 6.92. The summed E-state index contributed by atoms with van der Waals surface area (Å²) in [5.74, 6) is -2.41. The number of halogens is 9. The van der Waals surface area contributed by atoms with E-state index in [1.54, 1.807) is 96.1 Å². The van der Waals surface area contributed by atoms with E-state index >= 15 is 21.8 Å². The van der Waals surface area contributed by atoms with Crippen molar-refractivity contribution in [2.75, 3.05) is 73.4 Å². The van der Waals surface area contributed by atoms with Crippen LogP contribution in [0.25, 0.3) is 0 Å². The number of esters is 2. The lowest BCUT2D eigenvalue weighted by molar-refractivity contribution is -0.154. The van der Waals surface area contributed by atoms with Gasteiger partial charge in [-0.2, -0.15) is 5.26 Å². The van der Waals surface area contributed by atoms with Crippen LogP contribution in [-0.4, -0.2) is 217 Å². The van der Waals surface area contributed by atoms with Crippen LogP contribution in [0.5, 0.6) is 0 Å². The van der Waals surface area contributed by atoms with Gasteiger partial charge in [-0.05, 0) is 290 Å². The predicted molar refractivity (Wildman–Crippen MR) is 626 cm³/mol. The van der Waals surface area contributed by atoms with Crippen LogP contribution in [0.4, 0.5) is 17.6 Å². The Hall–Kier alpha value is -3.28. The molecule has 4 fully saturated rings. The number of carbonyl (C=O) groups excluding carboxylic acids is 2. The number of hydrogen-bond acceptors (Lipinski definition) is 25. The molecule has 824 valence electrons. The highest BCUT2D eigenvalue weighted by atomic mass is 127. The Labute approximate surface area is 923 Å². The number of carbonyl (C=O) groups is 2. The Morgan fingerprint density at radius 3 is 0.979 bits per heavy atom. The predicted octanol–water partition coefficient (Wildman–Crippen LogP) is 22.4. The monoisotopic (exact) mass is 2550 g/mol. The molecular formula is C104H169Br4F4IN14O11S4Si4. The van der Waals surface area contributed by atoms with E-state index in [9.17, 15) is 42.8 Å². The van der Waals surface area contributed by atoms with Crippen molar-refractivity contribution in [2.24, 2.45) is 65.6 Å². The van der Waals surface area contributed by atoms with Gasteiger partial charge in [-0.15, -0.1) is 0 Å². The van der Waals surface area contributed by atoms with Crippen LogP contribution in [0.3, 0.4) is 0 Å². The molecule has 7 aliphatic rings. The fourth-order valence-corrected chi connectivity index (χ4v) is 48.9. The second-order valence-electron chi connectivity index (χ2n) is 47.4. The summed E-state index contributed by atoms with van der Waals surface area (Å²) < 4.78 is 153. The van der Waals surface area contributed by atoms with E-state index in [0.29, 0.717) is 53.3 Å². The number of pyridine rings is 4. The van der Waals surface area contributed by atoms with Gasteiger partial charge in [0.1, 0.15) is 102 Å². The first-order valence-electron chi connectivity index (χ1n) is 52.0. The van der Waals surface area contributed by atoms with Gasteiger partial charge in [-0.25, -0.2) is 71.8 Å². The number of rotatable bonds is 39. The molecule has 3 aliphatic heterocycles. The molecule has 4 aromatic heterocycles. The van der Waals surface area contributed by atoms with Gasteiger partial charge in [0.05, 0.1) is 180 Å². The molecule has 0 bridgehead atoms. The Morgan fingerprint density at radius 1 is 0.459 bits per heavy atom. The number of nitriles is 1. The molecule has 0 unspecified atom stereocenters. The van der Waals surface area contributed by atoms with Crippen LogP contribution in [0.15, 0.2) is 75.1 Å². The Morgan fingerprint density at radius 2 is 0.719 bits per heavy atom. The Balaban J connectivity index is 0.000000239. The highest BCUT2D eigenvalue weighted by Gasteiger charge is 2.58. The molecule has 4 saturated carbocycles. The molecule has 25 nitrogen and oxygen atoms in total. The van der Waals surface area contributed by atoms with Crippen LogP contribution in [0, 0.1) is 56.3 Å². The lowest BCUT2D eigenvalue weighted by Gasteiger charge is -2.42. The first kappa shape index (κ1) is 128. The van der Waals surface area contributed by atoms with Gasteiger partial charge in [0.25, 0.3) is 0 Å². The molecule has 8 atom stereocenters. The van der Waals surface area contributed by atoms with E-state index < -0.39 is 147 Å². The zero-order valence-corrected chi connectivity index (χ0v) is 108. The number of ether oxygens (including phenoxy) is 2. The number of aliphatic hydroxyl groups excluding tert-OH is 3. The molecule has 4 aliphatic carbocycles. The van der Waals surface area contributed by atoms with Crippen LogP contribution in [0.1, 0.15) is 295 Å². The zero-order valence-electron chi connectivity index (χ0n) is 92.5. The van der Waals surface area contributed by atoms with E-state index in [0.717, 1.165) is 139 Å². The van der Waals surface area contributed by atoms with Crippen molar-refractivity contribution in [1.29, 1.82) is 5.26 Å². The summed E-state index contributed by atoms with van der Waals surface area (Å²) in [4.78, 5) is 59.0. The first-order chi connectivity index (χ1) is 67.2. The molecule has 0 saturated heterocycles. The molecule has 7 heterocycles. The summed E-state index contributed by atoms with van der Waals surface area (Å²) in [6.07, 6.45) is 6.80. The van der Waals surface area contributed by atoms with E-state index in [4.69, 9.17) is 44.6 Å². The third-order valence-electron chi connectivity index (χ3n) is 33.7. The van der Waals surface area contributed by atoms with Crippen molar-refractivity contribution in [3.63, 3.8) is 0 Å². The molecule has 11 rings (SSSR count). The highest BCUT2D eigenvalue weighted by molar-refractivity contribution is 14.1. The third-order valence-corrected chi connectivity index (χ3v) is 72.4. The molecular weight excluding hydrogens is 2380 g/mol. The fourth-order valence-electron chi connectivity index (χ4n) is 20.4. The van der Waals surface area contributed by atoms with Crippen LogP contribution >= 0.6 is 86.3 Å². The largest absolute Gasteiger partial charge is 0.460 e. The maximum atomic E-state index is 16.7. The van der Waals surface area contributed by atoms with Crippen molar-refractivity contribution in [3.05, 3.63) is 88.7 Å². The van der Waals surface area contributed by atoms with Gasteiger partial charge < -0.3 is 36.3 Å². The van der Waals surface area contributed by atoms with Crippen molar-refractivity contribution >= 4 is 207 Å². The average molecular weight is 2550 g/mol. The quantitative estimate of drug-likeness (QED) is 0.00692. The summed E-state index contributed by atoms with van der Waals surface area (Å²) in [5, 5.41) is 41.9. The van der Waals surface area contributed by atoms with Gasteiger partial charge in [0.15, 0.2) is 0 Å². The number of hydrogen-bond donors (Lipinski definition) is 5. The Kier molecular flexibility index (Phi) is 41.4. The topological polar surface area (TPSA) is 395 Å². The number of aliphatic imine (C=N–C) groups is 3.